The number of furan rings is 1. The zero-order chi connectivity index (χ0) is 13.2. The van der Waals surface area contributed by atoms with Crippen LogP contribution in [-0.4, -0.2) is 16.4 Å². The van der Waals surface area contributed by atoms with Gasteiger partial charge in [0.05, 0.1) is 11.6 Å². The van der Waals surface area contributed by atoms with Crippen molar-refractivity contribution in [2.45, 2.75) is 26.3 Å². The molecule has 0 radical (unpaired) electrons. The molecule has 0 saturated heterocycles. The lowest BCUT2D eigenvalue weighted by molar-refractivity contribution is -0.402. The molecule has 0 unspecified atom stereocenters. The van der Waals surface area contributed by atoms with Crippen molar-refractivity contribution in [3.05, 3.63) is 34.6 Å². The van der Waals surface area contributed by atoms with Gasteiger partial charge in [-0.05, 0) is 26.8 Å². The van der Waals surface area contributed by atoms with Crippen LogP contribution in [0.3, 0.4) is 0 Å². The number of nitro groups is 1. The maximum atomic E-state index is 11.7. The maximum Gasteiger partial charge on any atom is 0.433 e. The fourth-order valence-electron chi connectivity index (χ4n) is 1.12. The third-order valence-corrected chi connectivity index (χ3v) is 1.83. The lowest BCUT2D eigenvalue weighted by atomic mass is 10.1. The first kappa shape index (κ1) is 13.0. The Bertz CT molecular complexity index is 468. The molecule has 92 valence electrons. The van der Waals surface area contributed by atoms with Gasteiger partial charge in [-0.25, -0.2) is 0 Å². The second kappa shape index (κ2) is 4.40. The van der Waals surface area contributed by atoms with Crippen LogP contribution in [0.2, 0.25) is 0 Å². The Morgan fingerprint density at radius 2 is 2.06 bits per heavy atom. The van der Waals surface area contributed by atoms with Crippen molar-refractivity contribution in [1.29, 1.82) is 0 Å². The number of carbonyl (C=O) groups excluding carboxylic acids is 1. The molecule has 1 N–H and O–H groups in total. The molecule has 1 amide bonds. The van der Waals surface area contributed by atoms with Gasteiger partial charge in [-0.1, -0.05) is 6.58 Å². The highest BCUT2D eigenvalue weighted by Crippen LogP contribution is 2.21. The third-order valence-electron chi connectivity index (χ3n) is 1.83. The standard InChI is InChI=1S/C11H14N2O4/c1-7(10(14)12-11(2,3)4)8-5-6-9(17-8)13(15)16/h5-6H,1H2,2-4H3,(H,12,14). The van der Waals surface area contributed by atoms with Crippen molar-refractivity contribution in [3.63, 3.8) is 0 Å². The lowest BCUT2D eigenvalue weighted by Gasteiger charge is -2.20. The van der Waals surface area contributed by atoms with E-state index in [-0.39, 0.29) is 11.3 Å². The quantitative estimate of drug-likeness (QED) is 0.496. The van der Waals surface area contributed by atoms with Gasteiger partial charge in [-0.3, -0.25) is 14.9 Å². The van der Waals surface area contributed by atoms with Gasteiger partial charge < -0.3 is 9.73 Å². The summed E-state index contributed by atoms with van der Waals surface area (Å²) in [5.41, 5.74) is -0.341. The summed E-state index contributed by atoms with van der Waals surface area (Å²) in [6.45, 7) is 9.02. The lowest BCUT2D eigenvalue weighted by Crippen LogP contribution is -2.40. The van der Waals surface area contributed by atoms with Crippen molar-refractivity contribution in [3.8, 4) is 0 Å². The smallest absolute Gasteiger partial charge is 0.400 e. The van der Waals surface area contributed by atoms with Crippen LogP contribution in [0.5, 0.6) is 0 Å². The molecular weight excluding hydrogens is 224 g/mol. The van der Waals surface area contributed by atoms with E-state index in [2.05, 4.69) is 11.9 Å². The second-order valence-electron chi connectivity index (χ2n) is 4.58. The molecule has 0 aromatic carbocycles. The maximum absolute atomic E-state index is 11.7. The van der Waals surface area contributed by atoms with E-state index in [9.17, 15) is 14.9 Å². The first-order valence-corrected chi connectivity index (χ1v) is 4.97. The molecule has 0 atom stereocenters. The first-order chi connectivity index (χ1) is 7.70. The Labute approximate surface area is 98.5 Å². The molecule has 0 fully saturated rings. The Kier molecular flexibility index (Phi) is 3.36. The molecule has 1 heterocycles. The fraction of sp³-hybridized carbons (Fsp3) is 0.364. The van der Waals surface area contributed by atoms with Crippen LogP contribution in [0, 0.1) is 10.1 Å². The SMILES string of the molecule is C=C(C(=O)NC(C)(C)C)c1ccc([N+](=O)[O-])o1. The topological polar surface area (TPSA) is 85.4 Å². The molecule has 0 bridgehead atoms. The van der Waals surface area contributed by atoms with E-state index in [1.165, 1.54) is 12.1 Å². The zero-order valence-electron chi connectivity index (χ0n) is 9.94. The monoisotopic (exact) mass is 238 g/mol. The summed E-state index contributed by atoms with van der Waals surface area (Å²) in [5.74, 6) is -0.732. The summed E-state index contributed by atoms with van der Waals surface area (Å²) < 4.78 is 4.88. The number of amides is 1. The number of hydrogen-bond acceptors (Lipinski definition) is 4. The van der Waals surface area contributed by atoms with E-state index < -0.39 is 22.3 Å². The molecule has 6 heteroatoms. The first-order valence-electron chi connectivity index (χ1n) is 4.97. The van der Waals surface area contributed by atoms with E-state index in [0.717, 1.165) is 0 Å². The van der Waals surface area contributed by atoms with Crippen LogP contribution in [0.4, 0.5) is 5.88 Å². The Balaban J connectivity index is 2.82. The van der Waals surface area contributed by atoms with Gasteiger partial charge in [-0.15, -0.1) is 0 Å². The van der Waals surface area contributed by atoms with Gasteiger partial charge in [0.15, 0.2) is 0 Å². The van der Waals surface area contributed by atoms with E-state index in [4.69, 9.17) is 4.42 Å². The van der Waals surface area contributed by atoms with Crippen LogP contribution in [0.25, 0.3) is 5.57 Å². The molecule has 1 aromatic rings. The minimum atomic E-state index is -0.668. The number of nitrogens with zero attached hydrogens (tertiary/aromatic N) is 1. The predicted molar refractivity (Wildman–Crippen MR) is 62.3 cm³/mol. The van der Waals surface area contributed by atoms with E-state index >= 15 is 0 Å². The summed E-state index contributed by atoms with van der Waals surface area (Å²) in [4.78, 5) is 21.4. The van der Waals surface area contributed by atoms with Gasteiger partial charge in [0.25, 0.3) is 5.91 Å². The average Bonchev–Trinajstić information content (AvgIpc) is 2.62. The highest BCUT2D eigenvalue weighted by atomic mass is 16.6. The van der Waals surface area contributed by atoms with Crippen molar-refractivity contribution in [2.24, 2.45) is 0 Å². The van der Waals surface area contributed by atoms with Crippen molar-refractivity contribution in [2.75, 3.05) is 0 Å². The normalized spacial score (nSPS) is 11.0. The largest absolute Gasteiger partial charge is 0.433 e. The van der Waals surface area contributed by atoms with Gasteiger partial charge in [-0.2, -0.15) is 0 Å². The van der Waals surface area contributed by atoms with Crippen molar-refractivity contribution in [1.82, 2.24) is 5.32 Å². The average molecular weight is 238 g/mol. The van der Waals surface area contributed by atoms with Crippen LogP contribution in [0.1, 0.15) is 26.5 Å². The minimum absolute atomic E-state index is 0.0630. The summed E-state index contributed by atoms with van der Waals surface area (Å²) in [5, 5.41) is 13.1. The minimum Gasteiger partial charge on any atom is -0.400 e. The molecule has 0 saturated carbocycles. The molecule has 17 heavy (non-hydrogen) atoms. The fourth-order valence-corrected chi connectivity index (χ4v) is 1.12. The molecule has 0 aliphatic rings. The molecular formula is C11H14N2O4. The van der Waals surface area contributed by atoms with Crippen molar-refractivity contribution >= 4 is 17.4 Å². The Morgan fingerprint density at radius 1 is 1.47 bits per heavy atom. The van der Waals surface area contributed by atoms with Crippen LogP contribution in [0.15, 0.2) is 23.1 Å². The van der Waals surface area contributed by atoms with Crippen LogP contribution < -0.4 is 5.32 Å². The van der Waals surface area contributed by atoms with Gasteiger partial charge in [0, 0.05) is 5.54 Å². The molecule has 0 aliphatic carbocycles. The van der Waals surface area contributed by atoms with E-state index in [1.807, 2.05) is 20.8 Å². The zero-order valence-corrected chi connectivity index (χ0v) is 9.94. The Morgan fingerprint density at radius 3 is 2.47 bits per heavy atom. The summed E-state index contributed by atoms with van der Waals surface area (Å²) in [7, 11) is 0. The van der Waals surface area contributed by atoms with Gasteiger partial charge in [0.2, 0.25) is 0 Å². The summed E-state index contributed by atoms with van der Waals surface area (Å²) >= 11 is 0. The highest BCUT2D eigenvalue weighted by molar-refractivity contribution is 6.18. The summed E-state index contributed by atoms with van der Waals surface area (Å²) in [6.07, 6.45) is 0. The van der Waals surface area contributed by atoms with Crippen molar-refractivity contribution < 1.29 is 14.1 Å². The number of carbonyl (C=O) groups is 1. The van der Waals surface area contributed by atoms with E-state index in [1.54, 1.807) is 0 Å². The summed E-state index contributed by atoms with van der Waals surface area (Å²) in [6, 6.07) is 2.54. The predicted octanol–water partition coefficient (Wildman–Crippen LogP) is 2.12. The third kappa shape index (κ3) is 3.44. The molecule has 1 aromatic heterocycles. The Hall–Kier alpha value is -2.11. The van der Waals surface area contributed by atoms with Gasteiger partial charge >= 0.3 is 5.88 Å². The number of nitrogens with one attached hydrogen (secondary N) is 1. The highest BCUT2D eigenvalue weighted by Gasteiger charge is 2.21. The van der Waals surface area contributed by atoms with E-state index in [0.29, 0.717) is 0 Å². The van der Waals surface area contributed by atoms with Gasteiger partial charge in [0.1, 0.15) is 10.7 Å². The second-order valence-corrected chi connectivity index (χ2v) is 4.58. The number of rotatable bonds is 3. The molecule has 0 spiro atoms. The van der Waals surface area contributed by atoms with Crippen LogP contribution in [-0.2, 0) is 4.79 Å². The molecule has 6 nitrogen and oxygen atoms in total. The van der Waals surface area contributed by atoms with Crippen LogP contribution >= 0.6 is 0 Å². The molecule has 1 rings (SSSR count). The number of hydrogen-bond donors (Lipinski definition) is 1. The molecule has 0 aliphatic heterocycles.